The van der Waals surface area contributed by atoms with Gasteiger partial charge in [-0.25, -0.2) is 0 Å². The largest absolute Gasteiger partial charge is 0.699 e. The Morgan fingerprint density at radius 1 is 0.679 bits per heavy atom. The Bertz CT molecular complexity index is 727. The molecule has 0 radical (unpaired) electrons. The zero-order valence-corrected chi connectivity index (χ0v) is 17.5. The Morgan fingerprint density at radius 3 is 1.43 bits per heavy atom. The molecule has 144 valence electrons. The van der Waals surface area contributed by atoms with Crippen LogP contribution in [0, 0.1) is 0 Å². The molecule has 0 heterocycles. The Kier molecular flexibility index (Phi) is 7.64. The number of para-hydroxylation sites is 3. The molecule has 0 amide bonds. The zero-order chi connectivity index (χ0) is 19.5. The minimum Gasteiger partial charge on any atom is -0.483 e. The first-order valence-electron chi connectivity index (χ1n) is 9.24. The lowest BCUT2D eigenvalue weighted by atomic mass is 10.3. The highest BCUT2D eigenvalue weighted by Crippen LogP contribution is 2.28. The van der Waals surface area contributed by atoms with Gasteiger partial charge in [0.25, 0.3) is 0 Å². The van der Waals surface area contributed by atoms with Gasteiger partial charge in [0.15, 0.2) is 0 Å². The fourth-order valence-corrected chi connectivity index (χ4v) is 5.94. The molecule has 0 aliphatic rings. The predicted molar refractivity (Wildman–Crippen MR) is 119 cm³/mol. The van der Waals surface area contributed by atoms with Crippen molar-refractivity contribution >= 4 is 20.6 Å². The normalized spacial score (nSPS) is 10.9. The van der Waals surface area contributed by atoms with Crippen LogP contribution >= 0.6 is 11.8 Å². The fraction of sp³-hybridized carbons (Fsp3) is 0.130. The van der Waals surface area contributed by atoms with Crippen molar-refractivity contribution in [1.29, 1.82) is 0 Å². The van der Waals surface area contributed by atoms with Crippen molar-refractivity contribution in [3.05, 3.63) is 103 Å². The van der Waals surface area contributed by atoms with Crippen LogP contribution in [0.2, 0.25) is 6.04 Å². The van der Waals surface area contributed by atoms with Crippen molar-refractivity contribution in [2.24, 2.45) is 0 Å². The molecule has 0 N–H and O–H groups in total. The minimum absolute atomic E-state index is 0.687. The van der Waals surface area contributed by atoms with E-state index in [-0.39, 0.29) is 0 Å². The molecule has 28 heavy (non-hydrogen) atoms. The standard InChI is InChI=1S/C23H24O3SSi/c1-2-27-19-12-20-28(24-21-13-6-3-7-14-21,25-22-15-8-4-9-16-22)26-23-17-10-5-11-18-23/h2-11,13-18H,1,12,19-20H2. The Labute approximate surface area is 172 Å². The summed E-state index contributed by atoms with van der Waals surface area (Å²) in [7, 11) is -3.12. The van der Waals surface area contributed by atoms with Gasteiger partial charge in [-0.05, 0) is 54.0 Å². The third-order valence-corrected chi connectivity index (χ3v) is 7.28. The predicted octanol–water partition coefficient (Wildman–Crippen LogP) is 6.43. The zero-order valence-electron chi connectivity index (χ0n) is 15.7. The first kappa shape index (κ1) is 20.1. The average Bonchev–Trinajstić information content (AvgIpc) is 2.73. The van der Waals surface area contributed by atoms with Crippen LogP contribution in [0.5, 0.6) is 17.2 Å². The van der Waals surface area contributed by atoms with Gasteiger partial charge in [0.05, 0.1) is 6.04 Å². The first-order chi connectivity index (χ1) is 13.8. The summed E-state index contributed by atoms with van der Waals surface area (Å²) in [5, 5.41) is 1.86. The van der Waals surface area contributed by atoms with Crippen LogP contribution in [0.15, 0.2) is 103 Å². The summed E-state index contributed by atoms with van der Waals surface area (Å²) in [6.07, 6.45) is 0.898. The molecule has 0 bridgehead atoms. The van der Waals surface area contributed by atoms with Crippen LogP contribution in [-0.4, -0.2) is 14.6 Å². The van der Waals surface area contributed by atoms with Crippen LogP contribution in [0.4, 0.5) is 0 Å². The van der Waals surface area contributed by atoms with Gasteiger partial charge in [0.1, 0.15) is 17.2 Å². The van der Waals surface area contributed by atoms with Crippen molar-refractivity contribution in [3.63, 3.8) is 0 Å². The van der Waals surface area contributed by atoms with Crippen LogP contribution < -0.4 is 13.3 Å². The molecule has 5 heteroatoms. The van der Waals surface area contributed by atoms with E-state index in [1.54, 1.807) is 11.8 Å². The summed E-state index contributed by atoms with van der Waals surface area (Å²) < 4.78 is 19.3. The molecule has 0 unspecified atom stereocenters. The quantitative estimate of drug-likeness (QED) is 0.270. The van der Waals surface area contributed by atoms with Crippen LogP contribution in [-0.2, 0) is 0 Å². The maximum absolute atomic E-state index is 6.45. The molecule has 0 saturated carbocycles. The highest BCUT2D eigenvalue weighted by atomic mass is 32.2. The topological polar surface area (TPSA) is 27.7 Å². The number of rotatable bonds is 11. The molecule has 0 aliphatic heterocycles. The van der Waals surface area contributed by atoms with Crippen molar-refractivity contribution < 1.29 is 13.3 Å². The summed E-state index contributed by atoms with van der Waals surface area (Å²) in [5.41, 5.74) is 0. The van der Waals surface area contributed by atoms with Crippen molar-refractivity contribution in [2.75, 3.05) is 5.75 Å². The molecule has 0 spiro atoms. The molecule has 0 aliphatic carbocycles. The monoisotopic (exact) mass is 408 g/mol. The summed E-state index contributed by atoms with van der Waals surface area (Å²) >= 11 is 1.69. The Hall–Kier alpha value is -2.63. The summed E-state index contributed by atoms with van der Waals surface area (Å²) in [6, 6.07) is 29.9. The molecule has 0 aromatic heterocycles. The van der Waals surface area contributed by atoms with Gasteiger partial charge < -0.3 is 13.3 Å². The van der Waals surface area contributed by atoms with Crippen LogP contribution in [0.3, 0.4) is 0 Å². The Morgan fingerprint density at radius 2 is 1.07 bits per heavy atom. The second kappa shape index (κ2) is 10.6. The highest BCUT2D eigenvalue weighted by molar-refractivity contribution is 8.02. The van der Waals surface area contributed by atoms with E-state index in [9.17, 15) is 0 Å². The lowest BCUT2D eigenvalue weighted by Crippen LogP contribution is -2.54. The molecule has 0 saturated heterocycles. The molecule has 3 rings (SSSR count). The smallest absolute Gasteiger partial charge is 0.483 e. The van der Waals surface area contributed by atoms with E-state index < -0.39 is 8.80 Å². The molecular formula is C23H24O3SSi. The fourth-order valence-electron chi connectivity index (χ4n) is 2.68. The van der Waals surface area contributed by atoms with E-state index in [1.807, 2.05) is 96.4 Å². The average molecular weight is 409 g/mol. The number of thioether (sulfide) groups is 1. The molecule has 0 fully saturated rings. The van der Waals surface area contributed by atoms with E-state index in [0.29, 0.717) is 6.04 Å². The summed E-state index contributed by atoms with van der Waals surface area (Å²) in [6.45, 7) is 3.78. The van der Waals surface area contributed by atoms with E-state index in [2.05, 4.69) is 6.58 Å². The maximum Gasteiger partial charge on any atom is 0.699 e. The molecule has 0 atom stereocenters. The molecule has 3 aromatic rings. The van der Waals surface area contributed by atoms with Gasteiger partial charge in [-0.15, -0.1) is 11.8 Å². The van der Waals surface area contributed by atoms with Gasteiger partial charge in [-0.1, -0.05) is 61.2 Å². The molecule has 3 nitrogen and oxygen atoms in total. The lowest BCUT2D eigenvalue weighted by Gasteiger charge is -2.30. The van der Waals surface area contributed by atoms with E-state index in [1.165, 1.54) is 0 Å². The van der Waals surface area contributed by atoms with E-state index >= 15 is 0 Å². The van der Waals surface area contributed by atoms with Crippen LogP contribution in [0.1, 0.15) is 6.42 Å². The van der Waals surface area contributed by atoms with Gasteiger partial charge in [-0.2, -0.15) is 0 Å². The van der Waals surface area contributed by atoms with Crippen molar-refractivity contribution in [2.45, 2.75) is 12.5 Å². The second-order valence-corrected chi connectivity index (χ2v) is 9.62. The summed E-state index contributed by atoms with van der Waals surface area (Å²) in [5.74, 6) is 3.18. The molecular weight excluding hydrogens is 384 g/mol. The number of benzene rings is 3. The number of hydrogen-bond donors (Lipinski definition) is 0. The lowest BCUT2D eigenvalue weighted by molar-refractivity contribution is 0.260. The van der Waals surface area contributed by atoms with Gasteiger partial charge in [0, 0.05) is 0 Å². The minimum atomic E-state index is -3.12. The van der Waals surface area contributed by atoms with E-state index in [0.717, 1.165) is 29.4 Å². The third-order valence-electron chi connectivity index (χ3n) is 3.91. The number of hydrogen-bond acceptors (Lipinski definition) is 4. The van der Waals surface area contributed by atoms with Gasteiger partial charge in [0.2, 0.25) is 0 Å². The maximum atomic E-state index is 6.45. The Balaban J connectivity index is 1.91. The van der Waals surface area contributed by atoms with Gasteiger partial charge >= 0.3 is 8.80 Å². The second-order valence-electron chi connectivity index (χ2n) is 6.07. The van der Waals surface area contributed by atoms with Crippen molar-refractivity contribution in [3.8, 4) is 17.2 Å². The highest BCUT2D eigenvalue weighted by Gasteiger charge is 2.48. The van der Waals surface area contributed by atoms with Gasteiger partial charge in [-0.3, -0.25) is 0 Å². The van der Waals surface area contributed by atoms with E-state index in [4.69, 9.17) is 13.3 Å². The van der Waals surface area contributed by atoms with Crippen LogP contribution in [0.25, 0.3) is 0 Å². The SMILES string of the molecule is C=CSCCC[Si](Oc1ccccc1)(Oc1ccccc1)Oc1ccccc1. The third kappa shape index (κ3) is 6.22. The van der Waals surface area contributed by atoms with Crippen molar-refractivity contribution in [1.82, 2.24) is 0 Å². The first-order valence-corrected chi connectivity index (χ1v) is 12.2. The molecule has 3 aromatic carbocycles. The summed E-state index contributed by atoms with van der Waals surface area (Å²) in [4.78, 5) is 0.